The van der Waals surface area contributed by atoms with E-state index in [0.29, 0.717) is 19.7 Å². The topological polar surface area (TPSA) is 135 Å². The fourth-order valence-corrected chi connectivity index (χ4v) is 3.02. The van der Waals surface area contributed by atoms with E-state index >= 15 is 0 Å². The molecular formula is C13H19N5O5S. The van der Waals surface area contributed by atoms with Crippen molar-refractivity contribution in [1.29, 1.82) is 0 Å². The molecule has 0 atom stereocenters. The van der Waals surface area contributed by atoms with Crippen LogP contribution in [0, 0.1) is 0 Å². The minimum atomic E-state index is -3.81. The number of H-pyrrole nitrogens is 1. The molecule has 2 rings (SSSR count). The third-order valence-electron chi connectivity index (χ3n) is 3.32. The lowest BCUT2D eigenvalue weighted by atomic mass is 10.3. The maximum absolute atomic E-state index is 12.2. The summed E-state index contributed by atoms with van der Waals surface area (Å²) in [6, 6.07) is 1.20. The fourth-order valence-electron chi connectivity index (χ4n) is 2.02. The number of fused-ring (bicyclic) bond motifs is 1. The summed E-state index contributed by atoms with van der Waals surface area (Å²) >= 11 is 0. The van der Waals surface area contributed by atoms with E-state index in [2.05, 4.69) is 20.0 Å². The Hall–Kier alpha value is -2.08. The average Bonchev–Trinajstić information content (AvgIpc) is 2.55. The normalized spacial score (nSPS) is 11.9. The van der Waals surface area contributed by atoms with Gasteiger partial charge in [0, 0.05) is 40.0 Å². The molecule has 0 unspecified atom stereocenters. The highest BCUT2D eigenvalue weighted by atomic mass is 32.2. The minimum Gasteiger partial charge on any atom is -0.383 e. The van der Waals surface area contributed by atoms with Crippen molar-refractivity contribution in [2.24, 2.45) is 7.05 Å². The second-order valence-electron chi connectivity index (χ2n) is 5.00. The fraction of sp³-hybridized carbons (Fsp3) is 0.462. The predicted octanol–water partition coefficient (Wildman–Crippen LogP) is -1.86. The number of aromatic amines is 1. The van der Waals surface area contributed by atoms with Crippen LogP contribution in [0.25, 0.3) is 11.0 Å². The molecule has 2 aromatic rings. The number of aryl methyl sites for hydroxylation is 1. The largest absolute Gasteiger partial charge is 0.383 e. The minimum absolute atomic E-state index is 0.0261. The van der Waals surface area contributed by atoms with Gasteiger partial charge in [0.2, 0.25) is 10.0 Å². The van der Waals surface area contributed by atoms with E-state index in [1.165, 1.54) is 13.1 Å². The number of pyridine rings is 1. The monoisotopic (exact) mass is 357 g/mol. The first kappa shape index (κ1) is 18.3. The van der Waals surface area contributed by atoms with Crippen LogP contribution in [-0.4, -0.2) is 56.3 Å². The van der Waals surface area contributed by atoms with Gasteiger partial charge in [-0.05, 0) is 6.07 Å². The van der Waals surface area contributed by atoms with Crippen molar-refractivity contribution >= 4 is 21.1 Å². The molecule has 0 fully saturated rings. The van der Waals surface area contributed by atoms with Crippen molar-refractivity contribution in [3.8, 4) is 0 Å². The Morgan fingerprint density at radius 1 is 1.29 bits per heavy atom. The van der Waals surface area contributed by atoms with Crippen LogP contribution >= 0.6 is 0 Å². The van der Waals surface area contributed by atoms with E-state index in [1.54, 1.807) is 7.11 Å². The number of ether oxygens (including phenoxy) is 1. The van der Waals surface area contributed by atoms with Gasteiger partial charge in [-0.25, -0.2) is 22.9 Å². The highest BCUT2D eigenvalue weighted by Gasteiger charge is 2.16. The van der Waals surface area contributed by atoms with E-state index < -0.39 is 21.3 Å². The van der Waals surface area contributed by atoms with Gasteiger partial charge in [-0.15, -0.1) is 0 Å². The summed E-state index contributed by atoms with van der Waals surface area (Å²) in [6.45, 7) is 1.74. The quantitative estimate of drug-likeness (QED) is 0.471. The van der Waals surface area contributed by atoms with Gasteiger partial charge in [0.15, 0.2) is 0 Å². The third kappa shape index (κ3) is 4.06. The van der Waals surface area contributed by atoms with Crippen LogP contribution in [-0.2, 0) is 21.8 Å². The molecule has 2 heterocycles. The lowest BCUT2D eigenvalue weighted by molar-refractivity contribution is 0.199. The summed E-state index contributed by atoms with van der Waals surface area (Å²) in [7, 11) is -0.794. The molecule has 0 aliphatic carbocycles. The Bertz CT molecular complexity index is 934. The van der Waals surface area contributed by atoms with E-state index in [-0.39, 0.29) is 22.5 Å². The molecule has 0 aliphatic rings. The van der Waals surface area contributed by atoms with E-state index in [4.69, 9.17) is 4.74 Å². The van der Waals surface area contributed by atoms with Crippen LogP contribution in [0.15, 0.2) is 26.7 Å². The number of hydrogen-bond acceptors (Lipinski definition) is 7. The van der Waals surface area contributed by atoms with Gasteiger partial charge in [-0.1, -0.05) is 0 Å². The number of methoxy groups -OCH3 is 1. The Morgan fingerprint density at radius 2 is 2.04 bits per heavy atom. The molecule has 132 valence electrons. The van der Waals surface area contributed by atoms with Crippen molar-refractivity contribution in [1.82, 2.24) is 24.6 Å². The molecule has 3 N–H and O–H groups in total. The van der Waals surface area contributed by atoms with Gasteiger partial charge >= 0.3 is 5.69 Å². The molecule has 10 nitrogen and oxygen atoms in total. The van der Waals surface area contributed by atoms with Crippen LogP contribution in [0.5, 0.6) is 0 Å². The molecule has 11 heteroatoms. The van der Waals surface area contributed by atoms with E-state index in [0.717, 1.165) is 10.8 Å². The lowest BCUT2D eigenvalue weighted by Crippen LogP contribution is -2.33. The zero-order valence-corrected chi connectivity index (χ0v) is 14.1. The first-order valence-corrected chi connectivity index (χ1v) is 8.63. The number of nitrogens with zero attached hydrogens (tertiary/aromatic N) is 2. The summed E-state index contributed by atoms with van der Waals surface area (Å²) < 4.78 is 32.9. The number of aromatic nitrogens is 3. The summed E-state index contributed by atoms with van der Waals surface area (Å²) in [5.41, 5.74) is -1.18. The van der Waals surface area contributed by atoms with Gasteiger partial charge in [0.1, 0.15) is 10.5 Å². The Balaban J connectivity index is 2.19. The maximum atomic E-state index is 12.2. The standard InChI is InChI=1S/C13H19N5O5S/c1-18-11-10(12(19)17-13(18)20)7-9(8-15-11)24(21,22)16-4-3-14-5-6-23-2/h7-8,14,16H,3-6H2,1-2H3,(H,17,19,20). The zero-order valence-electron chi connectivity index (χ0n) is 13.3. The van der Waals surface area contributed by atoms with Crippen molar-refractivity contribution in [3.63, 3.8) is 0 Å². The van der Waals surface area contributed by atoms with Gasteiger partial charge in [-0.3, -0.25) is 14.3 Å². The Labute approximate surface area is 137 Å². The molecule has 0 amide bonds. The molecule has 0 aromatic carbocycles. The third-order valence-corrected chi connectivity index (χ3v) is 4.74. The first-order chi connectivity index (χ1) is 11.4. The van der Waals surface area contributed by atoms with Gasteiger partial charge in [0.05, 0.1) is 12.0 Å². The Morgan fingerprint density at radius 3 is 2.75 bits per heavy atom. The molecule has 2 aromatic heterocycles. The zero-order chi connectivity index (χ0) is 17.7. The van der Waals surface area contributed by atoms with Gasteiger partial charge < -0.3 is 10.1 Å². The van der Waals surface area contributed by atoms with Gasteiger partial charge in [0.25, 0.3) is 5.56 Å². The Kier molecular flexibility index (Phi) is 5.83. The number of hydrogen-bond donors (Lipinski definition) is 3. The van der Waals surface area contributed by atoms with Crippen molar-refractivity contribution in [2.75, 3.05) is 33.4 Å². The highest BCUT2D eigenvalue weighted by molar-refractivity contribution is 7.89. The molecule has 0 saturated heterocycles. The van der Waals surface area contributed by atoms with Crippen LogP contribution in [0.1, 0.15) is 0 Å². The summed E-state index contributed by atoms with van der Waals surface area (Å²) in [4.78, 5) is 29.2. The van der Waals surface area contributed by atoms with Crippen molar-refractivity contribution in [2.45, 2.75) is 4.90 Å². The molecule has 0 saturated carbocycles. The second kappa shape index (κ2) is 7.66. The first-order valence-electron chi connectivity index (χ1n) is 7.15. The van der Waals surface area contributed by atoms with Crippen LogP contribution in [0.3, 0.4) is 0 Å². The highest BCUT2D eigenvalue weighted by Crippen LogP contribution is 2.11. The molecule has 0 bridgehead atoms. The SMILES string of the molecule is COCCNCCNS(=O)(=O)c1cnc2c(c1)c(=O)[nH]c(=O)n2C. The molecule has 0 aliphatic heterocycles. The lowest BCUT2D eigenvalue weighted by Gasteiger charge is -2.09. The maximum Gasteiger partial charge on any atom is 0.329 e. The predicted molar refractivity (Wildman–Crippen MR) is 87.5 cm³/mol. The average molecular weight is 357 g/mol. The van der Waals surface area contributed by atoms with E-state index in [9.17, 15) is 18.0 Å². The summed E-state index contributed by atoms with van der Waals surface area (Å²) in [5.74, 6) is 0. The van der Waals surface area contributed by atoms with Crippen molar-refractivity contribution in [3.05, 3.63) is 33.1 Å². The van der Waals surface area contributed by atoms with E-state index in [1.807, 2.05) is 0 Å². The number of nitrogens with one attached hydrogen (secondary N) is 3. The molecule has 0 spiro atoms. The number of sulfonamides is 1. The molecule has 0 radical (unpaired) electrons. The van der Waals surface area contributed by atoms with Crippen molar-refractivity contribution < 1.29 is 13.2 Å². The second-order valence-corrected chi connectivity index (χ2v) is 6.77. The summed E-state index contributed by atoms with van der Waals surface area (Å²) in [6.07, 6.45) is 1.11. The number of rotatable bonds is 8. The summed E-state index contributed by atoms with van der Waals surface area (Å²) in [5, 5.41) is 3.03. The van der Waals surface area contributed by atoms with Gasteiger partial charge in [-0.2, -0.15) is 0 Å². The molecular weight excluding hydrogens is 338 g/mol. The molecule has 24 heavy (non-hydrogen) atoms. The smallest absolute Gasteiger partial charge is 0.329 e. The van der Waals surface area contributed by atoms with Crippen LogP contribution < -0.4 is 21.3 Å². The van der Waals surface area contributed by atoms with Crippen LogP contribution in [0.2, 0.25) is 0 Å². The van der Waals surface area contributed by atoms with Crippen LogP contribution in [0.4, 0.5) is 0 Å².